The van der Waals surface area contributed by atoms with Crippen LogP contribution < -0.4 is 4.98 Å². The van der Waals surface area contributed by atoms with Gasteiger partial charge in [0.15, 0.2) is 16.4 Å². The van der Waals surface area contributed by atoms with Crippen LogP contribution in [-0.4, -0.2) is 25.9 Å². The van der Waals surface area contributed by atoms with Crippen molar-refractivity contribution in [3.63, 3.8) is 0 Å². The Morgan fingerprint density at radius 1 is 1.29 bits per heavy atom. The molecular weight excluding hydrogens is 268 g/mol. The van der Waals surface area contributed by atoms with Crippen LogP contribution in [0.15, 0.2) is 12.1 Å². The third kappa shape index (κ3) is 1.27. The Morgan fingerprint density at radius 3 is 2.67 bits per heavy atom. The molecule has 0 atom stereocenters. The average molecular weight is 283 g/mol. The van der Waals surface area contributed by atoms with Crippen molar-refractivity contribution in [1.82, 2.24) is 14.1 Å². The predicted octanol–water partition coefficient (Wildman–Crippen LogP) is 1.71. The molecule has 2 aromatic heterocycles. The molecular formula is C15H15N4O2+. The summed E-state index contributed by atoms with van der Waals surface area (Å²) in [5.74, 6) is 1.52. The van der Waals surface area contributed by atoms with Gasteiger partial charge in [-0.05, 0) is 20.8 Å². The molecule has 0 amide bonds. The van der Waals surface area contributed by atoms with Gasteiger partial charge in [0.05, 0.1) is 11.0 Å². The lowest BCUT2D eigenvalue weighted by Gasteiger charge is -2.24. The molecule has 0 unspecified atom stereocenters. The number of hydrogen-bond acceptors (Lipinski definition) is 3. The van der Waals surface area contributed by atoms with Crippen LogP contribution in [0.1, 0.15) is 42.0 Å². The second kappa shape index (κ2) is 3.39. The standard InChI is InChI=1S/C15H14N4O2/c1-7-16-9-5-10-12(6-11(9)18(7)8(2)20)19-13(17-10)15(3,4)14(19)21/h5-6H,1-4H3/p+1. The molecule has 0 bridgehead atoms. The summed E-state index contributed by atoms with van der Waals surface area (Å²) in [4.78, 5) is 31.8. The summed E-state index contributed by atoms with van der Waals surface area (Å²) in [7, 11) is 0. The number of aryl methyl sites for hydroxylation is 1. The summed E-state index contributed by atoms with van der Waals surface area (Å²) in [6.45, 7) is 7.11. The molecule has 0 fully saturated rings. The number of H-pyrrole nitrogens is 1. The number of carbonyl (C=O) groups excluding carboxylic acids is 2. The van der Waals surface area contributed by atoms with E-state index in [9.17, 15) is 9.59 Å². The number of fused-ring (bicyclic) bond motifs is 4. The number of rotatable bonds is 0. The quantitative estimate of drug-likeness (QED) is 0.630. The van der Waals surface area contributed by atoms with Crippen molar-refractivity contribution in [2.45, 2.75) is 33.1 Å². The molecule has 0 aliphatic carbocycles. The second-order valence-corrected chi connectivity index (χ2v) is 6.11. The SMILES string of the molecule is CC(=O)n1c(C)nc2cc3[nH+]c4n(c3cc21)C(=O)C4(C)C. The molecule has 3 aromatic rings. The van der Waals surface area contributed by atoms with Crippen molar-refractivity contribution in [3.05, 3.63) is 23.8 Å². The molecule has 106 valence electrons. The maximum Gasteiger partial charge on any atom is 0.332 e. The Morgan fingerprint density at radius 2 is 2.00 bits per heavy atom. The summed E-state index contributed by atoms with van der Waals surface area (Å²) in [5, 5.41) is 0. The smallest absolute Gasteiger partial charge is 0.274 e. The second-order valence-electron chi connectivity index (χ2n) is 6.11. The summed E-state index contributed by atoms with van der Waals surface area (Å²) < 4.78 is 3.25. The molecule has 1 N–H and O–H groups in total. The van der Waals surface area contributed by atoms with E-state index in [-0.39, 0.29) is 11.8 Å². The zero-order valence-corrected chi connectivity index (χ0v) is 12.3. The van der Waals surface area contributed by atoms with Gasteiger partial charge in [0.2, 0.25) is 5.91 Å². The minimum Gasteiger partial charge on any atom is -0.274 e. The van der Waals surface area contributed by atoms with Gasteiger partial charge in [0.1, 0.15) is 5.82 Å². The Hall–Kier alpha value is -2.50. The molecule has 6 nitrogen and oxygen atoms in total. The topological polar surface area (TPSA) is 71.0 Å². The maximum atomic E-state index is 12.3. The van der Waals surface area contributed by atoms with Crippen LogP contribution in [0.2, 0.25) is 0 Å². The molecule has 0 radical (unpaired) electrons. The molecule has 0 spiro atoms. The third-order valence-electron chi connectivity index (χ3n) is 4.30. The molecule has 0 saturated heterocycles. The first-order valence-corrected chi connectivity index (χ1v) is 6.85. The molecule has 1 aliphatic heterocycles. The van der Waals surface area contributed by atoms with Crippen molar-refractivity contribution >= 4 is 33.9 Å². The maximum absolute atomic E-state index is 12.3. The fourth-order valence-electron chi connectivity index (χ4n) is 3.19. The van der Waals surface area contributed by atoms with E-state index >= 15 is 0 Å². The van der Waals surface area contributed by atoms with E-state index in [0.717, 1.165) is 27.9 Å². The lowest BCUT2D eigenvalue weighted by Crippen LogP contribution is -2.50. The summed E-state index contributed by atoms with van der Waals surface area (Å²) in [6, 6.07) is 3.75. The molecule has 4 rings (SSSR count). The molecule has 0 saturated carbocycles. The number of carbonyl (C=O) groups is 2. The fourth-order valence-corrected chi connectivity index (χ4v) is 3.19. The number of benzene rings is 1. The lowest BCUT2D eigenvalue weighted by molar-refractivity contribution is -0.369. The third-order valence-corrected chi connectivity index (χ3v) is 4.30. The van der Waals surface area contributed by atoms with Gasteiger partial charge in [-0.15, -0.1) is 0 Å². The molecule has 3 heterocycles. The van der Waals surface area contributed by atoms with Crippen molar-refractivity contribution in [2.75, 3.05) is 0 Å². The molecule has 21 heavy (non-hydrogen) atoms. The molecule has 1 aromatic carbocycles. The number of nitrogens with zero attached hydrogens (tertiary/aromatic N) is 3. The Balaban J connectivity index is 2.13. The van der Waals surface area contributed by atoms with Crippen LogP contribution in [0.25, 0.3) is 22.1 Å². The number of imidazole rings is 2. The summed E-state index contributed by atoms with van der Waals surface area (Å²) in [5.41, 5.74) is 2.67. The average Bonchev–Trinajstić information content (AvgIpc) is 2.90. The lowest BCUT2D eigenvalue weighted by atomic mass is 9.85. The molecule has 1 aliphatic rings. The Labute approximate surface area is 120 Å². The number of nitrogens with one attached hydrogen (secondary N) is 1. The van der Waals surface area contributed by atoms with Crippen LogP contribution in [0.5, 0.6) is 0 Å². The van der Waals surface area contributed by atoms with Gasteiger partial charge < -0.3 is 0 Å². The molecule has 6 heteroatoms. The normalized spacial score (nSPS) is 16.3. The van der Waals surface area contributed by atoms with E-state index in [2.05, 4.69) is 9.97 Å². The van der Waals surface area contributed by atoms with Crippen LogP contribution in [0.3, 0.4) is 0 Å². The fraction of sp³-hybridized carbons (Fsp3) is 0.333. The van der Waals surface area contributed by atoms with E-state index in [0.29, 0.717) is 5.82 Å². The zero-order valence-electron chi connectivity index (χ0n) is 12.3. The van der Waals surface area contributed by atoms with Gasteiger partial charge in [0.25, 0.3) is 5.82 Å². The largest absolute Gasteiger partial charge is 0.332 e. The van der Waals surface area contributed by atoms with Gasteiger partial charge in [-0.1, -0.05) is 0 Å². The Kier molecular flexibility index (Phi) is 1.98. The van der Waals surface area contributed by atoms with Gasteiger partial charge in [-0.3, -0.25) is 9.36 Å². The Bertz CT molecular complexity index is 975. The minimum atomic E-state index is -0.483. The predicted molar refractivity (Wildman–Crippen MR) is 76.5 cm³/mol. The number of aromatic nitrogens is 4. The van der Waals surface area contributed by atoms with Crippen molar-refractivity contribution < 1.29 is 14.6 Å². The van der Waals surface area contributed by atoms with E-state index in [4.69, 9.17) is 0 Å². The first-order chi connectivity index (χ1) is 9.82. The minimum absolute atomic E-state index is 0.0636. The number of hydrogen-bond donors (Lipinski definition) is 0. The highest BCUT2D eigenvalue weighted by Crippen LogP contribution is 2.36. The van der Waals surface area contributed by atoms with E-state index in [1.54, 1.807) is 16.1 Å². The summed E-state index contributed by atoms with van der Waals surface area (Å²) >= 11 is 0. The van der Waals surface area contributed by atoms with Gasteiger partial charge >= 0.3 is 5.91 Å². The van der Waals surface area contributed by atoms with Crippen molar-refractivity contribution in [3.8, 4) is 0 Å². The first kappa shape index (κ1) is 12.3. The van der Waals surface area contributed by atoms with Crippen LogP contribution in [0, 0.1) is 6.92 Å². The van der Waals surface area contributed by atoms with Crippen LogP contribution in [-0.2, 0) is 5.41 Å². The van der Waals surface area contributed by atoms with E-state index in [1.807, 2.05) is 26.0 Å². The highest BCUT2D eigenvalue weighted by Gasteiger charge is 2.55. The zero-order chi connectivity index (χ0) is 15.1. The van der Waals surface area contributed by atoms with Crippen LogP contribution >= 0.6 is 0 Å². The number of aromatic amines is 1. The highest BCUT2D eigenvalue weighted by molar-refractivity contribution is 6.05. The summed E-state index contributed by atoms with van der Waals surface area (Å²) in [6.07, 6.45) is 0. The monoisotopic (exact) mass is 283 g/mol. The first-order valence-electron chi connectivity index (χ1n) is 6.85. The van der Waals surface area contributed by atoms with E-state index < -0.39 is 5.41 Å². The van der Waals surface area contributed by atoms with Crippen molar-refractivity contribution in [2.24, 2.45) is 0 Å². The van der Waals surface area contributed by atoms with Gasteiger partial charge in [-0.25, -0.2) is 14.8 Å². The van der Waals surface area contributed by atoms with Gasteiger partial charge in [-0.2, -0.15) is 4.57 Å². The van der Waals surface area contributed by atoms with Crippen molar-refractivity contribution in [1.29, 1.82) is 0 Å². The van der Waals surface area contributed by atoms with Gasteiger partial charge in [0, 0.05) is 19.1 Å². The van der Waals surface area contributed by atoms with E-state index in [1.165, 1.54) is 6.92 Å². The highest BCUT2D eigenvalue weighted by atomic mass is 16.2. The van der Waals surface area contributed by atoms with Crippen LogP contribution in [0.4, 0.5) is 0 Å².